The van der Waals surface area contributed by atoms with Gasteiger partial charge in [0, 0.05) is 17.7 Å². The maximum atomic E-state index is 10.4. The standard InChI is InChI=1S/C9H8N4O3/c10-5-8-11-12-9(16-8)6-1-3-7(4-2-6)13(14)15/h1-4H,5,10H2. The first kappa shape index (κ1) is 10.2. The van der Waals surface area contributed by atoms with Crippen LogP contribution in [-0.4, -0.2) is 15.1 Å². The summed E-state index contributed by atoms with van der Waals surface area (Å²) in [4.78, 5) is 9.97. The van der Waals surface area contributed by atoms with Crippen molar-refractivity contribution in [2.24, 2.45) is 5.73 Å². The average molecular weight is 220 g/mol. The number of rotatable bonds is 3. The van der Waals surface area contributed by atoms with E-state index in [0.717, 1.165) is 0 Å². The van der Waals surface area contributed by atoms with Gasteiger partial charge < -0.3 is 10.2 Å². The fraction of sp³-hybridized carbons (Fsp3) is 0.111. The van der Waals surface area contributed by atoms with Crippen molar-refractivity contribution in [2.75, 3.05) is 0 Å². The van der Waals surface area contributed by atoms with Crippen LogP contribution in [0.3, 0.4) is 0 Å². The zero-order chi connectivity index (χ0) is 11.5. The molecule has 7 nitrogen and oxygen atoms in total. The second kappa shape index (κ2) is 4.07. The Balaban J connectivity index is 2.30. The Labute approximate surface area is 90.0 Å². The van der Waals surface area contributed by atoms with Gasteiger partial charge in [-0.15, -0.1) is 10.2 Å². The lowest BCUT2D eigenvalue weighted by molar-refractivity contribution is -0.384. The number of hydrogen-bond donors (Lipinski definition) is 1. The predicted molar refractivity (Wildman–Crippen MR) is 54.3 cm³/mol. The number of benzene rings is 1. The minimum absolute atomic E-state index is 0.0160. The summed E-state index contributed by atoms with van der Waals surface area (Å²) in [6, 6.07) is 5.85. The molecule has 1 heterocycles. The number of hydrogen-bond acceptors (Lipinski definition) is 6. The highest BCUT2D eigenvalue weighted by Gasteiger charge is 2.09. The number of non-ortho nitro benzene ring substituents is 1. The maximum absolute atomic E-state index is 10.4. The van der Waals surface area contributed by atoms with Crippen LogP contribution in [0, 0.1) is 10.1 Å². The average Bonchev–Trinajstić information content (AvgIpc) is 2.77. The normalized spacial score (nSPS) is 10.3. The summed E-state index contributed by atoms with van der Waals surface area (Å²) in [6.07, 6.45) is 0. The van der Waals surface area contributed by atoms with Gasteiger partial charge in [-0.2, -0.15) is 0 Å². The Morgan fingerprint density at radius 2 is 2.00 bits per heavy atom. The quantitative estimate of drug-likeness (QED) is 0.612. The lowest BCUT2D eigenvalue weighted by Crippen LogP contribution is -1.95. The summed E-state index contributed by atoms with van der Waals surface area (Å²) in [5.74, 6) is 0.628. The van der Waals surface area contributed by atoms with Gasteiger partial charge in [0.1, 0.15) is 0 Å². The van der Waals surface area contributed by atoms with Gasteiger partial charge in [0.05, 0.1) is 11.5 Å². The molecule has 0 fully saturated rings. The summed E-state index contributed by atoms with van der Waals surface area (Å²) >= 11 is 0. The summed E-state index contributed by atoms with van der Waals surface area (Å²) in [5, 5.41) is 17.9. The summed E-state index contributed by atoms with van der Waals surface area (Å²) < 4.78 is 5.20. The van der Waals surface area contributed by atoms with E-state index in [1.807, 2.05) is 0 Å². The molecule has 16 heavy (non-hydrogen) atoms. The Bertz CT molecular complexity index is 506. The van der Waals surface area contributed by atoms with Crippen molar-refractivity contribution in [2.45, 2.75) is 6.54 Å². The van der Waals surface area contributed by atoms with Crippen LogP contribution >= 0.6 is 0 Å². The van der Waals surface area contributed by atoms with Crippen LogP contribution in [0.2, 0.25) is 0 Å². The van der Waals surface area contributed by atoms with E-state index in [9.17, 15) is 10.1 Å². The minimum atomic E-state index is -0.469. The van der Waals surface area contributed by atoms with E-state index in [2.05, 4.69) is 10.2 Å². The van der Waals surface area contributed by atoms with Gasteiger partial charge in [-0.25, -0.2) is 0 Å². The molecule has 2 N–H and O–H groups in total. The molecule has 0 atom stereocenters. The molecule has 7 heteroatoms. The van der Waals surface area contributed by atoms with Crippen molar-refractivity contribution < 1.29 is 9.34 Å². The first-order chi connectivity index (χ1) is 7.70. The van der Waals surface area contributed by atoms with E-state index in [4.69, 9.17) is 10.2 Å². The topological polar surface area (TPSA) is 108 Å². The molecule has 0 aliphatic heterocycles. The van der Waals surface area contributed by atoms with E-state index < -0.39 is 4.92 Å². The number of nitrogens with two attached hydrogens (primary N) is 1. The zero-order valence-corrected chi connectivity index (χ0v) is 8.16. The SMILES string of the molecule is NCc1nnc(-c2ccc([N+](=O)[O-])cc2)o1. The highest BCUT2D eigenvalue weighted by Crippen LogP contribution is 2.20. The van der Waals surface area contributed by atoms with Gasteiger partial charge in [0.2, 0.25) is 11.8 Å². The van der Waals surface area contributed by atoms with E-state index in [-0.39, 0.29) is 12.2 Å². The van der Waals surface area contributed by atoms with Crippen molar-refractivity contribution >= 4 is 5.69 Å². The van der Waals surface area contributed by atoms with Crippen LogP contribution in [0.25, 0.3) is 11.5 Å². The molecule has 0 aliphatic carbocycles. The maximum Gasteiger partial charge on any atom is 0.269 e. The smallest absolute Gasteiger partial charge is 0.269 e. The molecular formula is C9H8N4O3. The molecule has 2 rings (SSSR count). The molecular weight excluding hydrogens is 212 g/mol. The van der Waals surface area contributed by atoms with Crippen LogP contribution < -0.4 is 5.73 Å². The number of nitro benzene ring substituents is 1. The summed E-state index contributed by atoms with van der Waals surface area (Å²) in [7, 11) is 0. The third-order valence-electron chi connectivity index (χ3n) is 1.97. The fourth-order valence-corrected chi connectivity index (χ4v) is 1.18. The summed E-state index contributed by atoms with van der Waals surface area (Å²) in [6.45, 7) is 0.167. The van der Waals surface area contributed by atoms with Crippen LogP contribution in [-0.2, 0) is 6.54 Å². The molecule has 82 valence electrons. The molecule has 0 radical (unpaired) electrons. The molecule has 0 aliphatic rings. The lowest BCUT2D eigenvalue weighted by atomic mass is 10.2. The van der Waals surface area contributed by atoms with Gasteiger partial charge in [-0.3, -0.25) is 10.1 Å². The molecule has 0 amide bonds. The zero-order valence-electron chi connectivity index (χ0n) is 8.16. The molecule has 0 bridgehead atoms. The van der Waals surface area contributed by atoms with Crippen molar-refractivity contribution in [3.8, 4) is 11.5 Å². The van der Waals surface area contributed by atoms with Crippen LogP contribution in [0.5, 0.6) is 0 Å². The van der Waals surface area contributed by atoms with Crippen LogP contribution in [0.1, 0.15) is 5.89 Å². The molecule has 1 aromatic heterocycles. The minimum Gasteiger partial charge on any atom is -0.419 e. The monoisotopic (exact) mass is 220 g/mol. The number of nitrogens with zero attached hydrogens (tertiary/aromatic N) is 3. The first-order valence-electron chi connectivity index (χ1n) is 4.48. The van der Waals surface area contributed by atoms with Crippen LogP contribution in [0.4, 0.5) is 5.69 Å². The Morgan fingerprint density at radius 3 is 2.50 bits per heavy atom. The van der Waals surface area contributed by atoms with Gasteiger partial charge in [0.25, 0.3) is 5.69 Å². The van der Waals surface area contributed by atoms with Gasteiger partial charge in [-0.1, -0.05) is 0 Å². The molecule has 0 unspecified atom stereocenters. The number of nitro groups is 1. The highest BCUT2D eigenvalue weighted by atomic mass is 16.6. The molecule has 0 saturated heterocycles. The Hall–Kier alpha value is -2.28. The van der Waals surface area contributed by atoms with E-state index in [1.54, 1.807) is 12.1 Å². The van der Waals surface area contributed by atoms with Crippen molar-refractivity contribution in [1.29, 1.82) is 0 Å². The summed E-state index contributed by atoms with van der Waals surface area (Å²) in [5.41, 5.74) is 5.96. The lowest BCUT2D eigenvalue weighted by Gasteiger charge is -1.94. The van der Waals surface area contributed by atoms with Crippen LogP contribution in [0.15, 0.2) is 28.7 Å². The second-order valence-corrected chi connectivity index (χ2v) is 3.01. The van der Waals surface area contributed by atoms with E-state index in [0.29, 0.717) is 17.3 Å². The molecule has 1 aromatic carbocycles. The number of aromatic nitrogens is 2. The third kappa shape index (κ3) is 1.89. The Kier molecular flexibility index (Phi) is 2.61. The van der Waals surface area contributed by atoms with E-state index in [1.165, 1.54) is 12.1 Å². The predicted octanol–water partition coefficient (Wildman–Crippen LogP) is 1.10. The van der Waals surface area contributed by atoms with Gasteiger partial charge in [0.15, 0.2) is 0 Å². The highest BCUT2D eigenvalue weighted by molar-refractivity contribution is 5.55. The Morgan fingerprint density at radius 1 is 1.31 bits per heavy atom. The van der Waals surface area contributed by atoms with Gasteiger partial charge in [-0.05, 0) is 12.1 Å². The van der Waals surface area contributed by atoms with Crippen molar-refractivity contribution in [3.63, 3.8) is 0 Å². The largest absolute Gasteiger partial charge is 0.419 e. The molecule has 2 aromatic rings. The van der Waals surface area contributed by atoms with Crippen molar-refractivity contribution in [3.05, 3.63) is 40.3 Å². The first-order valence-corrected chi connectivity index (χ1v) is 4.48. The fourth-order valence-electron chi connectivity index (χ4n) is 1.18. The van der Waals surface area contributed by atoms with Gasteiger partial charge >= 0.3 is 0 Å². The van der Waals surface area contributed by atoms with Crippen molar-refractivity contribution in [1.82, 2.24) is 10.2 Å². The van der Waals surface area contributed by atoms with E-state index >= 15 is 0 Å². The second-order valence-electron chi connectivity index (χ2n) is 3.01. The molecule has 0 spiro atoms. The molecule has 0 saturated carbocycles. The third-order valence-corrected chi connectivity index (χ3v) is 1.97.